The van der Waals surface area contributed by atoms with E-state index in [2.05, 4.69) is 6.58 Å². The lowest BCUT2D eigenvalue weighted by Gasteiger charge is -2.30. The van der Waals surface area contributed by atoms with E-state index in [-0.39, 0.29) is 25.4 Å². The monoisotopic (exact) mass is 434 g/mol. The van der Waals surface area contributed by atoms with E-state index in [4.69, 9.17) is 23.7 Å². The van der Waals surface area contributed by atoms with Crippen LogP contribution >= 0.6 is 0 Å². The highest BCUT2D eigenvalue weighted by Crippen LogP contribution is 2.51. The fourth-order valence-electron chi connectivity index (χ4n) is 4.12. The number of amides is 2. The van der Waals surface area contributed by atoms with Crippen molar-refractivity contribution >= 4 is 23.7 Å². The third-order valence-electron chi connectivity index (χ3n) is 5.46. The molecule has 1 saturated heterocycles. The van der Waals surface area contributed by atoms with Crippen LogP contribution < -0.4 is 19.1 Å². The number of nitrogens with zero attached hydrogens (tertiary/aromatic N) is 2. The minimum atomic E-state index is -0.710. The summed E-state index contributed by atoms with van der Waals surface area (Å²) in [5.74, 6) is 0.846. The zero-order chi connectivity index (χ0) is 22.9. The van der Waals surface area contributed by atoms with Crippen LogP contribution in [0.25, 0.3) is 0 Å². The summed E-state index contributed by atoms with van der Waals surface area (Å²) < 4.78 is 26.8. The molecule has 0 aliphatic carbocycles. The Morgan fingerprint density at radius 3 is 2.26 bits per heavy atom. The standard InChI is InChI=1S/C21H26N2O8/c1-7-8-31-20(25)22-10-13-16(23(13)21(26)30-6)14(24)9-12-15(22)17(27-3)11(2)18(28-4)19(12)29-5/h7,13,16H,1,8-10H2,2-6H3/t13-,16-,23?/m0/s1. The summed E-state index contributed by atoms with van der Waals surface area (Å²) in [6, 6.07) is -1.25. The number of carbonyl (C=O) groups is 3. The quantitative estimate of drug-likeness (QED) is 0.513. The van der Waals surface area contributed by atoms with Crippen LogP contribution in [0.5, 0.6) is 17.2 Å². The van der Waals surface area contributed by atoms with Crippen molar-refractivity contribution in [3.8, 4) is 17.2 Å². The Labute approximate surface area is 180 Å². The van der Waals surface area contributed by atoms with Gasteiger partial charge >= 0.3 is 12.2 Å². The van der Waals surface area contributed by atoms with E-state index >= 15 is 0 Å². The number of fused-ring (bicyclic) bond motifs is 2. The van der Waals surface area contributed by atoms with Gasteiger partial charge in [-0.15, -0.1) is 0 Å². The van der Waals surface area contributed by atoms with Crippen LogP contribution in [-0.4, -0.2) is 76.5 Å². The predicted molar refractivity (Wildman–Crippen MR) is 110 cm³/mol. The Hall–Kier alpha value is -3.43. The van der Waals surface area contributed by atoms with Crippen LogP contribution in [0, 0.1) is 6.92 Å². The maximum absolute atomic E-state index is 13.1. The zero-order valence-electron chi connectivity index (χ0n) is 18.2. The molecule has 0 unspecified atom stereocenters. The van der Waals surface area contributed by atoms with E-state index < -0.39 is 24.3 Å². The lowest BCUT2D eigenvalue weighted by Crippen LogP contribution is -2.39. The molecule has 0 bridgehead atoms. The van der Waals surface area contributed by atoms with Crippen LogP contribution in [-0.2, 0) is 20.7 Å². The molecule has 31 heavy (non-hydrogen) atoms. The van der Waals surface area contributed by atoms with Gasteiger partial charge < -0.3 is 23.7 Å². The molecule has 1 aromatic carbocycles. The fourth-order valence-corrected chi connectivity index (χ4v) is 4.12. The van der Waals surface area contributed by atoms with E-state index in [0.29, 0.717) is 34.1 Å². The molecule has 1 fully saturated rings. The van der Waals surface area contributed by atoms with Crippen molar-refractivity contribution in [1.82, 2.24) is 4.90 Å². The second kappa shape index (κ2) is 8.75. The van der Waals surface area contributed by atoms with Gasteiger partial charge in [-0.2, -0.15) is 0 Å². The van der Waals surface area contributed by atoms with Crippen molar-refractivity contribution < 1.29 is 38.1 Å². The van der Waals surface area contributed by atoms with Gasteiger partial charge in [-0.05, 0) is 6.92 Å². The van der Waals surface area contributed by atoms with E-state index in [1.165, 1.54) is 44.3 Å². The molecule has 2 aliphatic rings. The molecule has 2 aliphatic heterocycles. The van der Waals surface area contributed by atoms with Gasteiger partial charge in [0, 0.05) is 17.5 Å². The summed E-state index contributed by atoms with van der Waals surface area (Å²) in [5, 5.41) is 0. The first-order chi connectivity index (χ1) is 14.9. The number of Topliss-reactive ketones (excluding diaryl/α,β-unsaturated/α-hetero) is 1. The Balaban J connectivity index is 2.23. The molecule has 0 saturated carbocycles. The van der Waals surface area contributed by atoms with Crippen molar-refractivity contribution in [2.24, 2.45) is 0 Å². The average Bonchev–Trinajstić information content (AvgIpc) is 3.48. The maximum Gasteiger partial charge on any atom is 0.414 e. The number of rotatable bonds is 5. The first kappa shape index (κ1) is 22.3. The smallest absolute Gasteiger partial charge is 0.414 e. The fraction of sp³-hybridized carbons (Fsp3) is 0.476. The summed E-state index contributed by atoms with van der Waals surface area (Å²) in [6.45, 7) is 5.33. The highest BCUT2D eigenvalue weighted by Gasteiger charge is 2.58. The topological polar surface area (TPSA) is 104 Å². The first-order valence-corrected chi connectivity index (χ1v) is 9.61. The number of hydrogen-bond donors (Lipinski definition) is 0. The highest BCUT2D eigenvalue weighted by atomic mass is 16.6. The SMILES string of the molecule is C=CCOC(=O)N1C[C@H]2[C@@H](C(=O)Cc3c(OC)c(OC)c(C)c(OC)c31)N2C(=O)OC. The lowest BCUT2D eigenvalue weighted by molar-refractivity contribution is -0.118. The molecule has 0 aromatic heterocycles. The first-order valence-electron chi connectivity index (χ1n) is 9.61. The summed E-state index contributed by atoms with van der Waals surface area (Å²) in [6.07, 6.45) is 0.0347. The molecule has 10 nitrogen and oxygen atoms in total. The molecule has 3 rings (SSSR count). The molecule has 2 atom stereocenters. The van der Waals surface area contributed by atoms with Crippen LogP contribution in [0.4, 0.5) is 15.3 Å². The molecule has 1 aromatic rings. The molecular formula is C21H26N2O8. The lowest BCUT2D eigenvalue weighted by atomic mass is 9.96. The van der Waals surface area contributed by atoms with Crippen LogP contribution in [0.3, 0.4) is 0 Å². The number of hydrogen-bond acceptors (Lipinski definition) is 8. The number of ether oxygens (including phenoxy) is 5. The molecule has 2 amide bonds. The van der Waals surface area contributed by atoms with Crippen molar-refractivity contribution in [3.63, 3.8) is 0 Å². The van der Waals surface area contributed by atoms with Crippen LogP contribution in [0.15, 0.2) is 12.7 Å². The Kier molecular flexibility index (Phi) is 6.28. The zero-order valence-corrected chi connectivity index (χ0v) is 18.2. The minimum absolute atomic E-state index is 0.00695. The maximum atomic E-state index is 13.1. The Morgan fingerprint density at radius 2 is 1.71 bits per heavy atom. The third kappa shape index (κ3) is 3.62. The molecule has 10 heteroatoms. The second-order valence-electron chi connectivity index (χ2n) is 7.06. The number of methoxy groups -OCH3 is 4. The highest BCUT2D eigenvalue weighted by molar-refractivity contribution is 6.01. The normalized spacial score (nSPS) is 19.3. The minimum Gasteiger partial charge on any atom is -0.494 e. The van der Waals surface area contributed by atoms with E-state index in [1.54, 1.807) is 6.92 Å². The summed E-state index contributed by atoms with van der Waals surface area (Å²) in [7, 11) is 5.63. The molecule has 0 spiro atoms. The number of ketones is 1. The van der Waals surface area contributed by atoms with Gasteiger partial charge in [0.1, 0.15) is 18.4 Å². The Morgan fingerprint density at radius 1 is 1.06 bits per heavy atom. The van der Waals surface area contributed by atoms with E-state index in [1.807, 2.05) is 0 Å². The second-order valence-corrected chi connectivity index (χ2v) is 7.06. The van der Waals surface area contributed by atoms with Gasteiger partial charge in [0.15, 0.2) is 17.3 Å². The van der Waals surface area contributed by atoms with Gasteiger partial charge in [-0.25, -0.2) is 9.59 Å². The summed E-state index contributed by atoms with van der Waals surface area (Å²) >= 11 is 0. The number of carbonyl (C=O) groups excluding carboxylic acids is 3. The van der Waals surface area contributed by atoms with Gasteiger partial charge in [-0.1, -0.05) is 12.7 Å². The van der Waals surface area contributed by atoms with Gasteiger partial charge in [0.25, 0.3) is 0 Å². The van der Waals surface area contributed by atoms with Crippen molar-refractivity contribution in [2.75, 3.05) is 46.5 Å². The van der Waals surface area contributed by atoms with Crippen molar-refractivity contribution in [1.29, 1.82) is 0 Å². The largest absolute Gasteiger partial charge is 0.494 e. The van der Waals surface area contributed by atoms with Crippen molar-refractivity contribution in [2.45, 2.75) is 25.4 Å². The molecule has 0 radical (unpaired) electrons. The summed E-state index contributed by atoms with van der Waals surface area (Å²) in [4.78, 5) is 40.9. The van der Waals surface area contributed by atoms with Crippen LogP contribution in [0.2, 0.25) is 0 Å². The van der Waals surface area contributed by atoms with Crippen LogP contribution in [0.1, 0.15) is 11.1 Å². The molecule has 2 heterocycles. The molecule has 0 N–H and O–H groups in total. The molecule has 168 valence electrons. The van der Waals surface area contributed by atoms with E-state index in [9.17, 15) is 14.4 Å². The van der Waals surface area contributed by atoms with Gasteiger partial charge in [-0.3, -0.25) is 14.6 Å². The average molecular weight is 434 g/mol. The summed E-state index contributed by atoms with van der Waals surface area (Å²) in [5.41, 5.74) is 1.35. The van der Waals surface area contributed by atoms with Gasteiger partial charge in [0.2, 0.25) is 0 Å². The van der Waals surface area contributed by atoms with E-state index in [0.717, 1.165) is 0 Å². The third-order valence-corrected chi connectivity index (χ3v) is 5.46. The number of anilines is 1. The van der Waals surface area contributed by atoms with Crippen molar-refractivity contribution in [3.05, 3.63) is 23.8 Å². The Bertz CT molecular complexity index is 929. The number of benzene rings is 1. The van der Waals surface area contributed by atoms with Gasteiger partial charge in [0.05, 0.1) is 46.7 Å². The predicted octanol–water partition coefficient (Wildman–Crippen LogP) is 2.09. The molecular weight excluding hydrogens is 408 g/mol.